The molecule has 0 amide bonds. The Balaban J connectivity index is 2.22. The first kappa shape index (κ1) is 15.3. The first-order chi connectivity index (χ1) is 9.74. The highest BCUT2D eigenvalue weighted by Crippen LogP contribution is 2.45. The normalized spacial score (nSPS) is 13.7. The van der Waals surface area contributed by atoms with E-state index in [-0.39, 0.29) is 0 Å². The maximum atomic E-state index is 13.3. The minimum Gasteiger partial charge on any atom is -0.333 e. The van der Waals surface area contributed by atoms with E-state index in [9.17, 15) is 4.57 Å². The second-order valence-electron chi connectivity index (χ2n) is 4.67. The van der Waals surface area contributed by atoms with Gasteiger partial charge in [0.15, 0.2) is 7.29 Å². The summed E-state index contributed by atoms with van der Waals surface area (Å²) in [4.78, 5) is 0. The zero-order valence-electron chi connectivity index (χ0n) is 11.3. The van der Waals surface area contributed by atoms with Gasteiger partial charge >= 0.3 is 0 Å². The zero-order valence-corrected chi connectivity index (χ0v) is 13.8. The third-order valence-corrected chi connectivity index (χ3v) is 6.37. The summed E-state index contributed by atoms with van der Waals surface area (Å²) in [5.41, 5.74) is 0.915. The van der Waals surface area contributed by atoms with Gasteiger partial charge in [-0.2, -0.15) is 0 Å². The molecule has 0 aromatic heterocycles. The average molecular weight is 352 g/mol. The number of anilines is 1. The fourth-order valence-electron chi connectivity index (χ4n) is 2.07. The molecule has 0 saturated heterocycles. The van der Waals surface area contributed by atoms with Gasteiger partial charge in [-0.1, -0.05) is 52.3 Å². The summed E-state index contributed by atoms with van der Waals surface area (Å²) in [6.07, 6.45) is 2.65. The molecule has 0 spiro atoms. The van der Waals surface area contributed by atoms with Gasteiger partial charge in [0.25, 0.3) is 0 Å². The van der Waals surface area contributed by atoms with Crippen molar-refractivity contribution in [2.45, 2.75) is 12.8 Å². The van der Waals surface area contributed by atoms with Crippen LogP contribution in [0.1, 0.15) is 12.8 Å². The van der Waals surface area contributed by atoms with Crippen LogP contribution in [0.3, 0.4) is 0 Å². The van der Waals surface area contributed by atoms with Crippen LogP contribution in [0.5, 0.6) is 0 Å². The molecule has 0 aliphatic carbocycles. The minimum atomic E-state index is -2.59. The summed E-state index contributed by atoms with van der Waals surface area (Å²) in [5, 5.41) is 5.12. The quantitative estimate of drug-likeness (QED) is 0.437. The maximum absolute atomic E-state index is 13.3. The van der Waals surface area contributed by atoms with Gasteiger partial charge in [0, 0.05) is 22.5 Å². The predicted molar refractivity (Wildman–Crippen MR) is 91.6 cm³/mol. The molecule has 0 radical (unpaired) electrons. The lowest BCUT2D eigenvalue weighted by Crippen LogP contribution is -2.14. The Kier molecular flexibility index (Phi) is 5.87. The van der Waals surface area contributed by atoms with Crippen molar-refractivity contribution in [1.82, 2.24) is 0 Å². The Labute approximate surface area is 129 Å². The van der Waals surface area contributed by atoms with Crippen LogP contribution in [-0.2, 0) is 4.57 Å². The number of unbranched alkanes of at least 4 members (excludes halogenated alkanes) is 1. The second-order valence-corrected chi connectivity index (χ2v) is 8.13. The zero-order chi connectivity index (χ0) is 14.3. The van der Waals surface area contributed by atoms with E-state index < -0.39 is 7.29 Å². The van der Waals surface area contributed by atoms with Crippen LogP contribution in [-0.4, -0.2) is 11.5 Å². The fourth-order valence-corrected chi connectivity index (χ4v) is 4.85. The number of para-hydroxylation sites is 1. The number of benzene rings is 2. The fraction of sp³-hybridized carbons (Fsp3) is 0.250. The molecule has 2 nitrogen and oxygen atoms in total. The summed E-state index contributed by atoms with van der Waals surface area (Å²) in [7, 11) is -2.59. The molecule has 0 aliphatic heterocycles. The van der Waals surface area contributed by atoms with E-state index in [1.165, 1.54) is 0 Å². The van der Waals surface area contributed by atoms with Crippen LogP contribution in [0.4, 0.5) is 5.69 Å². The summed E-state index contributed by atoms with van der Waals surface area (Å²) in [6, 6.07) is 19.5. The van der Waals surface area contributed by atoms with Crippen LogP contribution in [0.25, 0.3) is 0 Å². The van der Waals surface area contributed by atoms with Crippen molar-refractivity contribution in [2.24, 2.45) is 0 Å². The topological polar surface area (TPSA) is 29.1 Å². The van der Waals surface area contributed by atoms with Crippen LogP contribution < -0.4 is 10.4 Å². The highest BCUT2D eigenvalue weighted by molar-refractivity contribution is 9.09. The summed E-state index contributed by atoms with van der Waals surface area (Å²) in [5.74, 6) is 0. The van der Waals surface area contributed by atoms with Crippen molar-refractivity contribution in [1.29, 1.82) is 0 Å². The van der Waals surface area contributed by atoms with E-state index in [1.807, 2.05) is 60.7 Å². The molecule has 0 bridgehead atoms. The van der Waals surface area contributed by atoms with Gasteiger partial charge < -0.3 is 5.09 Å². The molecule has 0 saturated carbocycles. The van der Waals surface area contributed by atoms with E-state index in [1.54, 1.807) is 0 Å². The molecular weight excluding hydrogens is 333 g/mol. The first-order valence-corrected chi connectivity index (χ1v) is 9.80. The van der Waals surface area contributed by atoms with E-state index in [2.05, 4.69) is 21.0 Å². The van der Waals surface area contributed by atoms with E-state index in [0.717, 1.165) is 29.2 Å². The van der Waals surface area contributed by atoms with E-state index in [4.69, 9.17) is 0 Å². The standard InChI is InChI=1S/C16H19BrNOP/c17-13-7-8-14-20(19,16-11-5-2-6-12-16)18-15-9-3-1-4-10-15/h1-6,9-12H,7-8,13-14H2,(H,18,19). The summed E-state index contributed by atoms with van der Waals surface area (Å²) >= 11 is 3.43. The molecule has 0 aliphatic rings. The van der Waals surface area contributed by atoms with Crippen molar-refractivity contribution >= 4 is 34.2 Å². The van der Waals surface area contributed by atoms with Gasteiger partial charge in [0.05, 0.1) is 0 Å². The van der Waals surface area contributed by atoms with Crippen molar-refractivity contribution < 1.29 is 4.57 Å². The molecule has 20 heavy (non-hydrogen) atoms. The Bertz CT molecular complexity index is 559. The number of rotatable bonds is 7. The molecule has 1 unspecified atom stereocenters. The van der Waals surface area contributed by atoms with Crippen LogP contribution in [0, 0.1) is 0 Å². The van der Waals surface area contributed by atoms with Crippen LogP contribution in [0.15, 0.2) is 60.7 Å². The predicted octanol–water partition coefficient (Wildman–Crippen LogP) is 4.88. The minimum absolute atomic E-state index is 0.678. The highest BCUT2D eigenvalue weighted by atomic mass is 79.9. The molecule has 0 fully saturated rings. The Morgan fingerprint density at radius 1 is 0.900 bits per heavy atom. The van der Waals surface area contributed by atoms with Gasteiger partial charge in [-0.25, -0.2) is 0 Å². The Morgan fingerprint density at radius 2 is 1.50 bits per heavy atom. The maximum Gasteiger partial charge on any atom is 0.198 e. The number of alkyl halides is 1. The van der Waals surface area contributed by atoms with Crippen molar-refractivity contribution in [2.75, 3.05) is 16.6 Å². The molecule has 106 valence electrons. The average Bonchev–Trinajstić information content (AvgIpc) is 2.49. The number of halogens is 1. The third-order valence-electron chi connectivity index (χ3n) is 3.11. The van der Waals surface area contributed by atoms with Crippen molar-refractivity contribution in [3.63, 3.8) is 0 Å². The van der Waals surface area contributed by atoms with Crippen LogP contribution in [0.2, 0.25) is 0 Å². The first-order valence-electron chi connectivity index (χ1n) is 6.78. The molecule has 2 aromatic carbocycles. The Morgan fingerprint density at radius 3 is 2.10 bits per heavy atom. The number of hydrogen-bond acceptors (Lipinski definition) is 1. The molecular formula is C16H19BrNOP. The molecule has 2 rings (SSSR count). The van der Waals surface area contributed by atoms with Gasteiger partial charge in [-0.3, -0.25) is 4.57 Å². The van der Waals surface area contributed by atoms with E-state index >= 15 is 0 Å². The van der Waals surface area contributed by atoms with Crippen molar-refractivity contribution in [3.05, 3.63) is 60.7 Å². The lowest BCUT2D eigenvalue weighted by atomic mass is 10.3. The molecule has 4 heteroatoms. The smallest absolute Gasteiger partial charge is 0.198 e. The van der Waals surface area contributed by atoms with Gasteiger partial charge in [-0.15, -0.1) is 0 Å². The van der Waals surface area contributed by atoms with Gasteiger partial charge in [0.2, 0.25) is 0 Å². The summed E-state index contributed by atoms with van der Waals surface area (Å²) < 4.78 is 13.3. The second kappa shape index (κ2) is 7.66. The lowest BCUT2D eigenvalue weighted by molar-refractivity contribution is 0.582. The SMILES string of the molecule is O=P(CCCCBr)(Nc1ccccc1)c1ccccc1. The Hall–Kier alpha value is -1.05. The summed E-state index contributed by atoms with van der Waals surface area (Å²) in [6.45, 7) is 0. The molecule has 0 heterocycles. The van der Waals surface area contributed by atoms with E-state index in [0.29, 0.717) is 6.16 Å². The number of hydrogen-bond donors (Lipinski definition) is 1. The monoisotopic (exact) mass is 351 g/mol. The molecule has 1 N–H and O–H groups in total. The highest BCUT2D eigenvalue weighted by Gasteiger charge is 2.23. The lowest BCUT2D eigenvalue weighted by Gasteiger charge is -2.21. The molecule has 2 aromatic rings. The van der Waals surface area contributed by atoms with Crippen molar-refractivity contribution in [3.8, 4) is 0 Å². The van der Waals surface area contributed by atoms with Gasteiger partial charge in [0.1, 0.15) is 0 Å². The van der Waals surface area contributed by atoms with Crippen LogP contribution >= 0.6 is 23.2 Å². The largest absolute Gasteiger partial charge is 0.333 e. The third kappa shape index (κ3) is 4.22. The number of nitrogens with one attached hydrogen (secondary N) is 1. The van der Waals surface area contributed by atoms with Gasteiger partial charge in [-0.05, 0) is 37.1 Å². The molecule has 1 atom stereocenters.